The summed E-state index contributed by atoms with van der Waals surface area (Å²) in [5.41, 5.74) is 6.45. The second-order valence-corrected chi connectivity index (χ2v) is 7.96. The van der Waals surface area contributed by atoms with E-state index in [1.807, 2.05) is 43.5 Å². The van der Waals surface area contributed by atoms with Crippen LogP contribution in [-0.2, 0) is 12.8 Å². The zero-order chi connectivity index (χ0) is 21.2. The lowest BCUT2D eigenvalue weighted by molar-refractivity contribution is 0.593. The highest BCUT2D eigenvalue weighted by molar-refractivity contribution is 5.59. The Balaban J connectivity index is 1.37. The molecule has 5 rings (SSSR count). The van der Waals surface area contributed by atoms with Crippen LogP contribution in [-0.4, -0.2) is 31.0 Å². The summed E-state index contributed by atoms with van der Waals surface area (Å²) >= 11 is 0. The summed E-state index contributed by atoms with van der Waals surface area (Å²) in [6.45, 7) is 4.10. The van der Waals surface area contributed by atoms with E-state index < -0.39 is 0 Å². The molecule has 6 heteroatoms. The van der Waals surface area contributed by atoms with Gasteiger partial charge in [0.2, 0.25) is 0 Å². The molecule has 6 nitrogen and oxygen atoms in total. The van der Waals surface area contributed by atoms with Crippen molar-refractivity contribution in [1.29, 1.82) is 0 Å². The molecular formula is C25H24N6. The van der Waals surface area contributed by atoms with Crippen LogP contribution in [0.5, 0.6) is 0 Å². The lowest BCUT2D eigenvalue weighted by Crippen LogP contribution is -2.29. The smallest absolute Gasteiger partial charge is 0.161 e. The van der Waals surface area contributed by atoms with Crippen LogP contribution in [0.2, 0.25) is 0 Å². The molecule has 1 aliphatic carbocycles. The lowest BCUT2D eigenvalue weighted by atomic mass is 9.92. The Hall–Kier alpha value is -3.67. The third-order valence-electron chi connectivity index (χ3n) is 5.85. The maximum Gasteiger partial charge on any atom is 0.161 e. The molecule has 0 spiro atoms. The minimum atomic E-state index is 0.289. The Bertz CT molecular complexity index is 1210. The molecule has 1 unspecified atom stereocenters. The van der Waals surface area contributed by atoms with Gasteiger partial charge in [-0.2, -0.15) is 0 Å². The lowest BCUT2D eigenvalue weighted by Gasteiger charge is -2.26. The second-order valence-electron chi connectivity index (χ2n) is 7.96. The van der Waals surface area contributed by atoms with Gasteiger partial charge in [0.25, 0.3) is 0 Å². The molecule has 0 aliphatic heterocycles. The number of nitrogens with one attached hydrogen (secondary N) is 1. The number of rotatable bonds is 4. The van der Waals surface area contributed by atoms with Crippen LogP contribution in [0.3, 0.4) is 0 Å². The highest BCUT2D eigenvalue weighted by Gasteiger charge is 2.22. The van der Waals surface area contributed by atoms with E-state index >= 15 is 0 Å². The number of aromatic nitrogens is 5. The van der Waals surface area contributed by atoms with Gasteiger partial charge < -0.3 is 5.32 Å². The molecule has 1 aromatic carbocycles. The molecular weight excluding hydrogens is 384 g/mol. The van der Waals surface area contributed by atoms with Crippen molar-refractivity contribution < 1.29 is 0 Å². The fraction of sp³-hybridized carbons (Fsp3) is 0.240. The summed E-state index contributed by atoms with van der Waals surface area (Å²) in [5.74, 6) is 2.42. The maximum atomic E-state index is 4.84. The highest BCUT2D eigenvalue weighted by atomic mass is 15.1. The molecule has 3 aromatic heterocycles. The van der Waals surface area contributed by atoms with Crippen LogP contribution < -0.4 is 5.32 Å². The van der Waals surface area contributed by atoms with E-state index in [9.17, 15) is 0 Å². The van der Waals surface area contributed by atoms with Crippen molar-refractivity contribution in [2.24, 2.45) is 0 Å². The molecule has 1 N–H and O–H groups in total. The molecule has 1 aliphatic rings. The van der Waals surface area contributed by atoms with E-state index in [1.54, 1.807) is 12.4 Å². The summed E-state index contributed by atoms with van der Waals surface area (Å²) < 4.78 is 0. The summed E-state index contributed by atoms with van der Waals surface area (Å²) in [7, 11) is 0. The topological polar surface area (TPSA) is 76.5 Å². The van der Waals surface area contributed by atoms with Crippen LogP contribution in [0.25, 0.3) is 22.8 Å². The Morgan fingerprint density at radius 2 is 1.65 bits per heavy atom. The number of aryl methyl sites for hydroxylation is 2. The SMILES string of the molecule is Cc1nc(-c2ccncc2)nc(NC2CCc3nc(-c4ccccc4)ncc3C2)c1C. The average molecular weight is 409 g/mol. The number of anilines is 1. The van der Waals surface area contributed by atoms with Gasteiger partial charge in [-0.05, 0) is 50.8 Å². The van der Waals surface area contributed by atoms with E-state index in [-0.39, 0.29) is 6.04 Å². The van der Waals surface area contributed by atoms with Crippen molar-refractivity contribution in [2.75, 3.05) is 5.32 Å². The van der Waals surface area contributed by atoms with E-state index in [2.05, 4.69) is 39.3 Å². The van der Waals surface area contributed by atoms with Gasteiger partial charge >= 0.3 is 0 Å². The number of benzene rings is 1. The van der Waals surface area contributed by atoms with E-state index in [0.717, 1.165) is 64.8 Å². The Kier molecular flexibility index (Phi) is 5.12. The molecule has 154 valence electrons. The van der Waals surface area contributed by atoms with Crippen LogP contribution >= 0.6 is 0 Å². The Labute approximate surface area is 181 Å². The van der Waals surface area contributed by atoms with Gasteiger partial charge in [-0.15, -0.1) is 0 Å². The van der Waals surface area contributed by atoms with E-state index in [4.69, 9.17) is 9.97 Å². The molecule has 0 fully saturated rings. The van der Waals surface area contributed by atoms with E-state index in [0.29, 0.717) is 0 Å². The third kappa shape index (κ3) is 4.01. The highest BCUT2D eigenvalue weighted by Crippen LogP contribution is 2.27. The minimum Gasteiger partial charge on any atom is -0.367 e. The number of hydrogen-bond acceptors (Lipinski definition) is 6. The number of nitrogens with zero attached hydrogens (tertiary/aromatic N) is 5. The van der Waals surface area contributed by atoms with Crippen molar-refractivity contribution in [3.8, 4) is 22.8 Å². The van der Waals surface area contributed by atoms with Gasteiger partial charge in [0.15, 0.2) is 11.6 Å². The number of pyridine rings is 1. The number of fused-ring (bicyclic) bond motifs is 1. The van der Waals surface area contributed by atoms with Crippen LogP contribution in [0.4, 0.5) is 5.82 Å². The summed E-state index contributed by atoms with van der Waals surface area (Å²) in [4.78, 5) is 23.0. The molecule has 0 bridgehead atoms. The summed E-state index contributed by atoms with van der Waals surface area (Å²) in [5, 5.41) is 3.67. The zero-order valence-electron chi connectivity index (χ0n) is 17.7. The fourth-order valence-electron chi connectivity index (χ4n) is 3.95. The largest absolute Gasteiger partial charge is 0.367 e. The molecule has 0 amide bonds. The Morgan fingerprint density at radius 1 is 0.871 bits per heavy atom. The van der Waals surface area contributed by atoms with Crippen LogP contribution in [0.1, 0.15) is 28.9 Å². The van der Waals surface area contributed by atoms with Crippen LogP contribution in [0, 0.1) is 13.8 Å². The van der Waals surface area contributed by atoms with Crippen molar-refractivity contribution in [3.05, 3.63) is 83.6 Å². The second kappa shape index (κ2) is 8.22. The van der Waals surface area contributed by atoms with Gasteiger partial charge in [0.1, 0.15) is 5.82 Å². The average Bonchev–Trinajstić information content (AvgIpc) is 2.82. The molecule has 0 saturated carbocycles. The predicted octanol–water partition coefficient (Wildman–Crippen LogP) is 4.58. The van der Waals surface area contributed by atoms with Crippen molar-refractivity contribution >= 4 is 5.82 Å². The molecule has 0 radical (unpaired) electrons. The number of hydrogen-bond donors (Lipinski definition) is 1. The zero-order valence-corrected chi connectivity index (χ0v) is 17.7. The van der Waals surface area contributed by atoms with Gasteiger partial charge in [-0.3, -0.25) is 4.98 Å². The minimum absolute atomic E-state index is 0.289. The van der Waals surface area contributed by atoms with Gasteiger partial charge in [0, 0.05) is 52.7 Å². The van der Waals surface area contributed by atoms with E-state index in [1.165, 1.54) is 5.56 Å². The normalized spacial score (nSPS) is 15.4. The summed E-state index contributed by atoms with van der Waals surface area (Å²) in [6, 6.07) is 14.3. The molecule has 0 saturated heterocycles. The monoisotopic (exact) mass is 408 g/mol. The summed E-state index contributed by atoms with van der Waals surface area (Å²) in [6.07, 6.45) is 8.34. The first kappa shape index (κ1) is 19.3. The molecule has 31 heavy (non-hydrogen) atoms. The predicted molar refractivity (Wildman–Crippen MR) is 122 cm³/mol. The first-order valence-electron chi connectivity index (χ1n) is 10.6. The fourth-order valence-corrected chi connectivity index (χ4v) is 3.95. The van der Waals surface area contributed by atoms with Gasteiger partial charge in [-0.25, -0.2) is 19.9 Å². The molecule has 3 heterocycles. The Morgan fingerprint density at radius 3 is 2.45 bits per heavy atom. The van der Waals surface area contributed by atoms with Crippen molar-refractivity contribution in [2.45, 2.75) is 39.2 Å². The standard InChI is InChI=1S/C25H24N6/c1-16-17(2)28-25(19-10-12-26-13-11-19)31-23(16)29-21-8-9-22-20(14-21)15-27-24(30-22)18-6-4-3-5-7-18/h3-7,10-13,15,21H,8-9,14H2,1-2H3,(H,28,29,31). The van der Waals surface area contributed by atoms with Gasteiger partial charge in [-0.1, -0.05) is 30.3 Å². The maximum absolute atomic E-state index is 4.84. The third-order valence-corrected chi connectivity index (χ3v) is 5.85. The quantitative estimate of drug-likeness (QED) is 0.533. The van der Waals surface area contributed by atoms with Gasteiger partial charge in [0.05, 0.1) is 0 Å². The molecule has 4 aromatic rings. The first-order chi connectivity index (χ1) is 15.2. The molecule has 1 atom stereocenters. The van der Waals surface area contributed by atoms with Crippen molar-refractivity contribution in [3.63, 3.8) is 0 Å². The first-order valence-corrected chi connectivity index (χ1v) is 10.6. The van der Waals surface area contributed by atoms with Crippen molar-refractivity contribution in [1.82, 2.24) is 24.9 Å². The van der Waals surface area contributed by atoms with Crippen LogP contribution in [0.15, 0.2) is 61.1 Å².